The molecule has 0 aromatic heterocycles. The van der Waals surface area contributed by atoms with Gasteiger partial charge >= 0.3 is 11.9 Å². The molecule has 1 saturated carbocycles. The summed E-state index contributed by atoms with van der Waals surface area (Å²) in [6, 6.07) is 16.8. The van der Waals surface area contributed by atoms with Crippen LogP contribution in [0.15, 0.2) is 70.9 Å². The number of rotatable bonds is 9. The zero-order valence-corrected chi connectivity index (χ0v) is 21.1. The van der Waals surface area contributed by atoms with Gasteiger partial charge in [-0.2, -0.15) is 0 Å². The highest BCUT2D eigenvalue weighted by molar-refractivity contribution is 6.08. The number of benzene rings is 2. The number of hydrogen-bond acceptors (Lipinski definition) is 6. The number of carbonyl (C=O) groups excluding carboxylic acids is 2. The van der Waals surface area contributed by atoms with E-state index in [4.69, 9.17) is 14.5 Å². The highest BCUT2D eigenvalue weighted by Gasteiger charge is 2.44. The molecule has 4 rings (SSSR count). The Labute approximate surface area is 213 Å². The molecule has 1 aliphatic carbocycles. The summed E-state index contributed by atoms with van der Waals surface area (Å²) in [5.74, 6) is -2.17. The summed E-state index contributed by atoms with van der Waals surface area (Å²) in [5.41, 5.74) is 3.52. The maximum Gasteiger partial charge on any atom is 0.336 e. The van der Waals surface area contributed by atoms with Crippen molar-refractivity contribution < 1.29 is 24.2 Å². The quantitative estimate of drug-likeness (QED) is 0.444. The van der Waals surface area contributed by atoms with Gasteiger partial charge in [-0.3, -0.25) is 9.79 Å². The summed E-state index contributed by atoms with van der Waals surface area (Å²) in [4.78, 5) is 32.0. The number of carbonyl (C=O) groups is 2. The van der Waals surface area contributed by atoms with Crippen LogP contribution in [0.3, 0.4) is 0 Å². The Kier molecular flexibility index (Phi) is 8.57. The van der Waals surface area contributed by atoms with E-state index >= 15 is 0 Å². The second-order valence-electron chi connectivity index (χ2n) is 9.42. The Bertz CT molecular complexity index is 1130. The average Bonchev–Trinajstić information content (AvgIpc) is 3.40. The molecular formula is C30H35NO5. The standard InChI is InChI=1S/C30H35NO5/c1-3-24-27(30(34)36-23-15-8-9-16-23)26(21-13-10-14-22(32)19-21)28(29(33)35-4-2)25(31-24)18-17-20-11-6-5-7-12-20/h5-7,10-14,19,23,26-27,32H,3-4,8-9,15-18H2,1-2H3. The molecule has 190 valence electrons. The number of aliphatic imine (C=N–C) groups is 1. The Balaban J connectivity index is 1.80. The molecule has 1 heterocycles. The zero-order chi connectivity index (χ0) is 25.5. The van der Waals surface area contributed by atoms with Crippen LogP contribution in [0.2, 0.25) is 0 Å². The Morgan fingerprint density at radius 2 is 1.75 bits per heavy atom. The molecule has 1 fully saturated rings. The van der Waals surface area contributed by atoms with Crippen molar-refractivity contribution in [3.05, 3.63) is 77.0 Å². The third-order valence-corrected chi connectivity index (χ3v) is 7.01. The number of esters is 2. The van der Waals surface area contributed by atoms with E-state index in [0.29, 0.717) is 41.8 Å². The number of ether oxygens (including phenoxy) is 2. The van der Waals surface area contributed by atoms with Gasteiger partial charge in [0.1, 0.15) is 17.8 Å². The van der Waals surface area contributed by atoms with Gasteiger partial charge in [0.15, 0.2) is 0 Å². The first kappa shape index (κ1) is 25.7. The molecule has 6 heteroatoms. The average molecular weight is 490 g/mol. The number of phenolic OH excluding ortho intramolecular Hbond substituents is 1. The molecule has 6 nitrogen and oxygen atoms in total. The molecular weight excluding hydrogens is 454 g/mol. The van der Waals surface area contributed by atoms with E-state index in [2.05, 4.69) is 0 Å². The summed E-state index contributed by atoms with van der Waals surface area (Å²) >= 11 is 0. The van der Waals surface area contributed by atoms with E-state index < -0.39 is 17.8 Å². The SMILES string of the molecule is CCOC(=O)C1=C(CCc2ccccc2)N=C(CC)C(C(=O)OC2CCCC2)C1c1cccc(O)c1. The lowest BCUT2D eigenvalue weighted by molar-refractivity contribution is -0.152. The van der Waals surface area contributed by atoms with Gasteiger partial charge in [0.25, 0.3) is 0 Å². The van der Waals surface area contributed by atoms with Gasteiger partial charge in [0.2, 0.25) is 0 Å². The van der Waals surface area contributed by atoms with E-state index in [9.17, 15) is 14.7 Å². The molecule has 2 atom stereocenters. The highest BCUT2D eigenvalue weighted by Crippen LogP contribution is 2.43. The van der Waals surface area contributed by atoms with E-state index in [-0.39, 0.29) is 24.4 Å². The van der Waals surface area contributed by atoms with Gasteiger partial charge in [0.05, 0.1) is 17.9 Å². The van der Waals surface area contributed by atoms with Crippen LogP contribution in [0.4, 0.5) is 0 Å². The fourth-order valence-corrected chi connectivity index (χ4v) is 5.29. The fourth-order valence-electron chi connectivity index (χ4n) is 5.29. The second kappa shape index (κ2) is 12.0. The normalized spacial score (nSPS) is 20.2. The molecule has 0 radical (unpaired) electrons. The molecule has 0 bridgehead atoms. The van der Waals surface area contributed by atoms with Gasteiger partial charge in [0, 0.05) is 11.6 Å². The number of allylic oxidation sites excluding steroid dienone is 1. The number of hydrogen-bond donors (Lipinski definition) is 1. The Hall–Kier alpha value is -3.41. The maximum absolute atomic E-state index is 13.7. The topological polar surface area (TPSA) is 85.2 Å². The van der Waals surface area contributed by atoms with E-state index in [1.165, 1.54) is 0 Å². The largest absolute Gasteiger partial charge is 0.508 e. The van der Waals surface area contributed by atoms with E-state index in [1.807, 2.05) is 43.3 Å². The third kappa shape index (κ3) is 5.86. The van der Waals surface area contributed by atoms with Crippen LogP contribution in [0, 0.1) is 5.92 Å². The lowest BCUT2D eigenvalue weighted by Crippen LogP contribution is -2.38. The predicted octanol–water partition coefficient (Wildman–Crippen LogP) is 5.89. The van der Waals surface area contributed by atoms with Crippen molar-refractivity contribution in [1.29, 1.82) is 0 Å². The minimum absolute atomic E-state index is 0.0741. The Morgan fingerprint density at radius 1 is 1.00 bits per heavy atom. The summed E-state index contributed by atoms with van der Waals surface area (Å²) in [6.07, 6.45) is 5.48. The smallest absolute Gasteiger partial charge is 0.336 e. The van der Waals surface area contributed by atoms with Crippen molar-refractivity contribution in [2.24, 2.45) is 10.9 Å². The molecule has 2 aliphatic rings. The van der Waals surface area contributed by atoms with Crippen molar-refractivity contribution in [3.63, 3.8) is 0 Å². The van der Waals surface area contributed by atoms with Crippen molar-refractivity contribution in [1.82, 2.24) is 0 Å². The van der Waals surface area contributed by atoms with Crippen LogP contribution in [-0.2, 0) is 25.5 Å². The first-order chi connectivity index (χ1) is 17.5. The molecule has 2 aromatic carbocycles. The van der Waals surface area contributed by atoms with Gasteiger partial charge in [-0.15, -0.1) is 0 Å². The zero-order valence-electron chi connectivity index (χ0n) is 21.1. The Morgan fingerprint density at radius 3 is 2.42 bits per heavy atom. The number of aryl methyl sites for hydroxylation is 1. The monoisotopic (exact) mass is 489 g/mol. The van der Waals surface area contributed by atoms with Gasteiger partial charge in [-0.05, 0) is 75.1 Å². The van der Waals surface area contributed by atoms with Gasteiger partial charge in [-0.1, -0.05) is 49.4 Å². The highest BCUT2D eigenvalue weighted by atomic mass is 16.5. The molecule has 0 spiro atoms. The molecule has 1 aliphatic heterocycles. The summed E-state index contributed by atoms with van der Waals surface area (Å²) in [5, 5.41) is 10.3. The van der Waals surface area contributed by atoms with Crippen LogP contribution in [0.25, 0.3) is 0 Å². The summed E-state index contributed by atoms with van der Waals surface area (Å²) < 4.78 is 11.5. The van der Waals surface area contributed by atoms with Crippen LogP contribution in [-0.4, -0.2) is 35.5 Å². The number of phenols is 1. The molecule has 0 saturated heterocycles. The van der Waals surface area contributed by atoms with Crippen LogP contribution in [0.1, 0.15) is 69.4 Å². The van der Waals surface area contributed by atoms with Crippen LogP contribution < -0.4 is 0 Å². The summed E-state index contributed by atoms with van der Waals surface area (Å²) in [6.45, 7) is 3.95. The van der Waals surface area contributed by atoms with Gasteiger partial charge in [-0.25, -0.2) is 4.79 Å². The molecule has 1 N–H and O–H groups in total. The lowest BCUT2D eigenvalue weighted by atomic mass is 9.74. The van der Waals surface area contributed by atoms with Crippen molar-refractivity contribution in [2.75, 3.05) is 6.61 Å². The number of aromatic hydroxyl groups is 1. The second-order valence-corrected chi connectivity index (χ2v) is 9.42. The lowest BCUT2D eigenvalue weighted by Gasteiger charge is -2.34. The van der Waals surface area contributed by atoms with E-state index in [0.717, 1.165) is 31.2 Å². The van der Waals surface area contributed by atoms with Crippen LogP contribution >= 0.6 is 0 Å². The molecule has 2 aromatic rings. The summed E-state index contributed by atoms with van der Waals surface area (Å²) in [7, 11) is 0. The first-order valence-electron chi connectivity index (χ1n) is 13.0. The van der Waals surface area contributed by atoms with Gasteiger partial charge < -0.3 is 14.6 Å². The molecule has 2 unspecified atom stereocenters. The third-order valence-electron chi connectivity index (χ3n) is 7.01. The van der Waals surface area contributed by atoms with E-state index in [1.54, 1.807) is 25.1 Å². The molecule has 36 heavy (non-hydrogen) atoms. The minimum Gasteiger partial charge on any atom is -0.508 e. The van der Waals surface area contributed by atoms with Crippen molar-refractivity contribution >= 4 is 17.7 Å². The van der Waals surface area contributed by atoms with Crippen molar-refractivity contribution in [2.45, 2.75) is 70.8 Å². The van der Waals surface area contributed by atoms with Crippen LogP contribution in [0.5, 0.6) is 5.75 Å². The molecule has 0 amide bonds. The number of nitrogens with zero attached hydrogens (tertiary/aromatic N) is 1. The van der Waals surface area contributed by atoms with Crippen molar-refractivity contribution in [3.8, 4) is 5.75 Å². The maximum atomic E-state index is 13.7. The predicted molar refractivity (Wildman–Crippen MR) is 139 cm³/mol. The fraction of sp³-hybridized carbons (Fsp3) is 0.433. The first-order valence-corrected chi connectivity index (χ1v) is 13.0. The minimum atomic E-state index is -0.753.